The van der Waals surface area contributed by atoms with Gasteiger partial charge in [-0.05, 0) is 60.5 Å². The van der Waals surface area contributed by atoms with Crippen molar-refractivity contribution in [1.82, 2.24) is 14.8 Å². The molecule has 0 unspecified atom stereocenters. The molecule has 0 saturated carbocycles. The number of hydrogen-bond donors (Lipinski definition) is 1. The van der Waals surface area contributed by atoms with Crippen LogP contribution in [0.1, 0.15) is 12.5 Å². The summed E-state index contributed by atoms with van der Waals surface area (Å²) in [7, 11) is 0. The summed E-state index contributed by atoms with van der Waals surface area (Å²) < 4.78 is 15.2. The van der Waals surface area contributed by atoms with Gasteiger partial charge in [0, 0.05) is 28.2 Å². The Morgan fingerprint density at radius 3 is 2.53 bits per heavy atom. The molecule has 2 heterocycles. The van der Waals surface area contributed by atoms with Gasteiger partial charge < -0.3 is 5.32 Å². The highest BCUT2D eigenvalue weighted by Gasteiger charge is 2.18. The Balaban J connectivity index is 1.66. The number of hydrogen-bond acceptors (Lipinski definition) is 3. The van der Waals surface area contributed by atoms with E-state index >= 15 is 0 Å². The summed E-state index contributed by atoms with van der Waals surface area (Å²) in [5, 5.41) is 9.45. The SMILES string of the molecule is CCc1ccc2ncc3c(-c4ccc(F)cc4)nn(CC(=O)Nc4ccccc4)c3c2c1. The van der Waals surface area contributed by atoms with Crippen LogP contribution in [0.2, 0.25) is 0 Å². The van der Waals surface area contributed by atoms with E-state index in [1.807, 2.05) is 36.4 Å². The molecule has 2 aromatic heterocycles. The number of anilines is 1. The zero-order chi connectivity index (χ0) is 22.1. The molecule has 6 heteroatoms. The van der Waals surface area contributed by atoms with Gasteiger partial charge in [0.1, 0.15) is 18.1 Å². The second-order valence-electron chi connectivity index (χ2n) is 7.65. The van der Waals surface area contributed by atoms with Crippen molar-refractivity contribution in [1.29, 1.82) is 0 Å². The Hall–Kier alpha value is -4.06. The maximum atomic E-state index is 13.5. The first-order valence-corrected chi connectivity index (χ1v) is 10.5. The molecule has 5 nitrogen and oxygen atoms in total. The second-order valence-corrected chi connectivity index (χ2v) is 7.65. The number of para-hydroxylation sites is 1. The van der Waals surface area contributed by atoms with Crippen molar-refractivity contribution in [2.45, 2.75) is 19.9 Å². The lowest BCUT2D eigenvalue weighted by molar-refractivity contribution is -0.116. The molecule has 0 atom stereocenters. The topological polar surface area (TPSA) is 59.8 Å². The lowest BCUT2D eigenvalue weighted by Crippen LogP contribution is -2.19. The molecule has 0 aliphatic heterocycles. The van der Waals surface area contributed by atoms with Crippen LogP contribution in [0.15, 0.2) is 79.0 Å². The molecular weight excluding hydrogens is 403 g/mol. The molecule has 0 bridgehead atoms. The minimum Gasteiger partial charge on any atom is -0.324 e. The van der Waals surface area contributed by atoms with Gasteiger partial charge in [0.15, 0.2) is 0 Å². The summed E-state index contributed by atoms with van der Waals surface area (Å²) in [5.41, 5.74) is 5.03. The lowest BCUT2D eigenvalue weighted by atomic mass is 10.0. The molecule has 32 heavy (non-hydrogen) atoms. The molecular formula is C26H21FN4O. The van der Waals surface area contributed by atoms with Crippen LogP contribution in [0.3, 0.4) is 0 Å². The number of carbonyl (C=O) groups excluding carboxylic acids is 1. The van der Waals surface area contributed by atoms with Crippen molar-refractivity contribution in [3.8, 4) is 11.3 Å². The molecule has 3 aromatic carbocycles. The van der Waals surface area contributed by atoms with E-state index in [2.05, 4.69) is 29.4 Å². The third-order valence-electron chi connectivity index (χ3n) is 5.51. The Labute approximate surface area is 184 Å². The monoisotopic (exact) mass is 424 g/mol. The van der Waals surface area contributed by atoms with E-state index in [-0.39, 0.29) is 18.3 Å². The standard InChI is InChI=1S/C26H21FN4O/c1-2-17-8-13-23-21(14-17)26-22(15-28-23)25(18-9-11-19(27)12-10-18)30-31(26)16-24(32)29-20-6-4-3-5-7-20/h3-15H,2,16H2,1H3,(H,29,32). The molecule has 0 radical (unpaired) electrons. The van der Waals surface area contributed by atoms with Crippen LogP contribution in [-0.4, -0.2) is 20.7 Å². The molecule has 158 valence electrons. The first kappa shape index (κ1) is 19.9. The first-order valence-electron chi connectivity index (χ1n) is 10.5. The number of fused-ring (bicyclic) bond motifs is 3. The third kappa shape index (κ3) is 3.71. The number of nitrogens with one attached hydrogen (secondary N) is 1. The van der Waals surface area contributed by atoms with Gasteiger partial charge in [0.25, 0.3) is 0 Å². The number of carbonyl (C=O) groups is 1. The van der Waals surface area contributed by atoms with Crippen LogP contribution >= 0.6 is 0 Å². The van der Waals surface area contributed by atoms with Crippen LogP contribution in [0.4, 0.5) is 10.1 Å². The summed E-state index contributed by atoms with van der Waals surface area (Å²) in [4.78, 5) is 17.5. The highest BCUT2D eigenvalue weighted by atomic mass is 19.1. The van der Waals surface area contributed by atoms with Crippen molar-refractivity contribution in [3.63, 3.8) is 0 Å². The number of pyridine rings is 1. The zero-order valence-electron chi connectivity index (χ0n) is 17.5. The number of rotatable bonds is 5. The lowest BCUT2D eigenvalue weighted by Gasteiger charge is -2.08. The molecule has 0 spiro atoms. The third-order valence-corrected chi connectivity index (χ3v) is 5.51. The molecule has 5 aromatic rings. The summed E-state index contributed by atoms with van der Waals surface area (Å²) in [6.45, 7) is 2.14. The minimum absolute atomic E-state index is 0.0437. The second kappa shape index (κ2) is 8.23. The Bertz CT molecular complexity index is 1430. The van der Waals surface area contributed by atoms with Gasteiger partial charge >= 0.3 is 0 Å². The molecule has 0 saturated heterocycles. The van der Waals surface area contributed by atoms with E-state index in [1.54, 1.807) is 23.0 Å². The van der Waals surface area contributed by atoms with Gasteiger partial charge in [0.05, 0.1) is 11.0 Å². The fraction of sp³-hybridized carbons (Fsp3) is 0.115. The zero-order valence-corrected chi connectivity index (χ0v) is 17.5. The normalized spacial score (nSPS) is 11.2. The van der Waals surface area contributed by atoms with E-state index in [0.29, 0.717) is 5.69 Å². The van der Waals surface area contributed by atoms with Crippen molar-refractivity contribution in [2.75, 3.05) is 5.32 Å². The van der Waals surface area contributed by atoms with Gasteiger partial charge in [-0.3, -0.25) is 14.5 Å². The Morgan fingerprint density at radius 2 is 1.78 bits per heavy atom. The van der Waals surface area contributed by atoms with Crippen molar-refractivity contribution in [2.24, 2.45) is 0 Å². The highest BCUT2D eigenvalue weighted by molar-refractivity contribution is 6.08. The van der Waals surface area contributed by atoms with E-state index in [9.17, 15) is 9.18 Å². The molecule has 0 aliphatic rings. The first-order chi connectivity index (χ1) is 15.6. The van der Waals surface area contributed by atoms with Crippen LogP contribution in [0.5, 0.6) is 0 Å². The van der Waals surface area contributed by atoms with Gasteiger partial charge in [-0.1, -0.05) is 31.2 Å². The number of halogens is 1. The largest absolute Gasteiger partial charge is 0.324 e. The maximum absolute atomic E-state index is 13.5. The molecule has 5 rings (SSSR count). The molecule has 1 amide bonds. The fourth-order valence-corrected chi connectivity index (χ4v) is 3.92. The van der Waals surface area contributed by atoms with Crippen LogP contribution in [0.25, 0.3) is 33.1 Å². The minimum atomic E-state index is -0.309. The summed E-state index contributed by atoms with van der Waals surface area (Å²) in [6, 6.07) is 21.7. The van der Waals surface area contributed by atoms with E-state index < -0.39 is 0 Å². The van der Waals surface area contributed by atoms with Crippen molar-refractivity contribution in [3.05, 3.63) is 90.4 Å². The summed E-state index contributed by atoms with van der Waals surface area (Å²) in [6.07, 6.45) is 2.67. The van der Waals surface area contributed by atoms with Crippen molar-refractivity contribution < 1.29 is 9.18 Å². The quantitative estimate of drug-likeness (QED) is 0.400. The van der Waals surface area contributed by atoms with E-state index in [4.69, 9.17) is 5.10 Å². The molecule has 0 aliphatic carbocycles. The predicted octanol–water partition coefficient (Wildman–Crippen LogP) is 5.59. The average molecular weight is 424 g/mol. The number of aromatic nitrogens is 3. The fourth-order valence-electron chi connectivity index (χ4n) is 3.92. The van der Waals surface area contributed by atoms with Gasteiger partial charge in [-0.25, -0.2) is 4.39 Å². The van der Waals surface area contributed by atoms with Crippen LogP contribution in [-0.2, 0) is 17.8 Å². The molecule has 0 fully saturated rings. The average Bonchev–Trinajstić information content (AvgIpc) is 3.18. The summed E-state index contributed by atoms with van der Waals surface area (Å²) >= 11 is 0. The van der Waals surface area contributed by atoms with Crippen LogP contribution in [0, 0.1) is 5.82 Å². The van der Waals surface area contributed by atoms with Gasteiger partial charge in [-0.2, -0.15) is 5.10 Å². The number of amides is 1. The van der Waals surface area contributed by atoms with Gasteiger partial charge in [0.2, 0.25) is 5.91 Å². The number of nitrogens with zero attached hydrogens (tertiary/aromatic N) is 3. The highest BCUT2D eigenvalue weighted by Crippen LogP contribution is 2.32. The maximum Gasteiger partial charge on any atom is 0.246 e. The van der Waals surface area contributed by atoms with Gasteiger partial charge in [-0.15, -0.1) is 0 Å². The van der Waals surface area contributed by atoms with E-state index in [0.717, 1.165) is 39.5 Å². The summed E-state index contributed by atoms with van der Waals surface area (Å²) in [5.74, 6) is -0.487. The van der Waals surface area contributed by atoms with E-state index in [1.165, 1.54) is 17.7 Å². The van der Waals surface area contributed by atoms with Crippen molar-refractivity contribution >= 4 is 33.4 Å². The number of aryl methyl sites for hydroxylation is 1. The van der Waals surface area contributed by atoms with Crippen LogP contribution < -0.4 is 5.32 Å². The Kier molecular flexibility index (Phi) is 5.11. The predicted molar refractivity (Wildman–Crippen MR) is 125 cm³/mol. The molecule has 1 N–H and O–H groups in total. The smallest absolute Gasteiger partial charge is 0.246 e. The number of benzene rings is 3. The Morgan fingerprint density at radius 1 is 1.00 bits per heavy atom.